The summed E-state index contributed by atoms with van der Waals surface area (Å²) in [5.74, 6) is 0.954. The summed E-state index contributed by atoms with van der Waals surface area (Å²) in [5.41, 5.74) is 3.58. The maximum absolute atomic E-state index is 5.82. The van der Waals surface area contributed by atoms with Crippen LogP contribution in [-0.2, 0) is 6.54 Å². The fourth-order valence-corrected chi connectivity index (χ4v) is 3.11. The Morgan fingerprint density at radius 3 is 2.71 bits per heavy atom. The molecule has 0 amide bonds. The Balaban J connectivity index is 2.12. The molecule has 112 valence electrons. The summed E-state index contributed by atoms with van der Waals surface area (Å²) in [4.78, 5) is 0. The molecule has 4 heteroatoms. The minimum Gasteiger partial charge on any atom is -0.493 e. The van der Waals surface area contributed by atoms with E-state index in [2.05, 4.69) is 82.0 Å². The first-order valence-electron chi connectivity index (χ1n) is 7.01. The Morgan fingerprint density at radius 1 is 1.19 bits per heavy atom. The average Bonchev–Trinajstić information content (AvgIpc) is 2.45. The number of hydrogen-bond donors (Lipinski definition) is 1. The van der Waals surface area contributed by atoms with E-state index in [0.29, 0.717) is 0 Å². The zero-order chi connectivity index (χ0) is 15.2. The van der Waals surface area contributed by atoms with Gasteiger partial charge in [-0.25, -0.2) is 0 Å². The number of nitrogens with one attached hydrogen (secondary N) is 1. The van der Waals surface area contributed by atoms with Crippen LogP contribution < -0.4 is 10.1 Å². The van der Waals surface area contributed by atoms with E-state index in [0.717, 1.165) is 41.0 Å². The highest BCUT2D eigenvalue weighted by molar-refractivity contribution is 14.1. The summed E-state index contributed by atoms with van der Waals surface area (Å²) < 4.78 is 8.14. The molecule has 0 aromatic heterocycles. The van der Waals surface area contributed by atoms with Crippen molar-refractivity contribution in [3.63, 3.8) is 0 Å². The zero-order valence-electron chi connectivity index (χ0n) is 12.2. The van der Waals surface area contributed by atoms with E-state index in [4.69, 9.17) is 4.74 Å². The first-order valence-corrected chi connectivity index (χ1v) is 8.88. The highest BCUT2D eigenvalue weighted by Crippen LogP contribution is 2.25. The minimum atomic E-state index is 0.747. The van der Waals surface area contributed by atoms with Crippen LogP contribution >= 0.6 is 38.5 Å². The second-order valence-corrected chi connectivity index (χ2v) is 7.07. The van der Waals surface area contributed by atoms with Gasteiger partial charge in [-0.1, -0.05) is 22.9 Å². The Bertz CT molecular complexity index is 616. The maximum atomic E-state index is 5.82. The largest absolute Gasteiger partial charge is 0.493 e. The number of anilines is 1. The molecule has 21 heavy (non-hydrogen) atoms. The van der Waals surface area contributed by atoms with Crippen LogP contribution in [0.3, 0.4) is 0 Å². The van der Waals surface area contributed by atoms with Crippen LogP contribution in [0.25, 0.3) is 0 Å². The van der Waals surface area contributed by atoms with Gasteiger partial charge in [0, 0.05) is 25.8 Å². The van der Waals surface area contributed by atoms with E-state index in [1.807, 2.05) is 12.1 Å². The molecule has 0 heterocycles. The Morgan fingerprint density at radius 2 is 2.00 bits per heavy atom. The topological polar surface area (TPSA) is 21.3 Å². The number of benzene rings is 2. The Kier molecular flexibility index (Phi) is 6.36. The number of aryl methyl sites for hydroxylation is 1. The van der Waals surface area contributed by atoms with Gasteiger partial charge in [0.15, 0.2) is 0 Å². The SMILES string of the molecule is CCCOc1ccc(Br)cc1CNc1ccc(I)cc1C. The third kappa shape index (κ3) is 4.88. The lowest BCUT2D eigenvalue weighted by Crippen LogP contribution is -2.05. The number of halogens is 2. The minimum absolute atomic E-state index is 0.747. The summed E-state index contributed by atoms with van der Waals surface area (Å²) >= 11 is 5.86. The number of rotatable bonds is 6. The molecule has 0 bridgehead atoms. The van der Waals surface area contributed by atoms with E-state index >= 15 is 0 Å². The third-order valence-corrected chi connectivity index (χ3v) is 4.31. The van der Waals surface area contributed by atoms with Crippen LogP contribution in [0.15, 0.2) is 40.9 Å². The standard InChI is InChI=1S/C17H19BrINO/c1-3-8-21-17-7-4-14(18)10-13(17)11-20-16-6-5-15(19)9-12(16)2/h4-7,9-10,20H,3,8,11H2,1-2H3. The van der Waals surface area contributed by atoms with Gasteiger partial charge in [-0.3, -0.25) is 0 Å². The van der Waals surface area contributed by atoms with E-state index in [1.54, 1.807) is 0 Å². The molecule has 0 aliphatic carbocycles. The quantitative estimate of drug-likeness (QED) is 0.554. The van der Waals surface area contributed by atoms with E-state index in [9.17, 15) is 0 Å². The third-order valence-electron chi connectivity index (χ3n) is 3.14. The second kappa shape index (κ2) is 8.03. The van der Waals surface area contributed by atoms with Gasteiger partial charge in [-0.05, 0) is 77.9 Å². The lowest BCUT2D eigenvalue weighted by Gasteiger charge is -2.14. The molecule has 2 aromatic rings. The van der Waals surface area contributed by atoms with Crippen molar-refractivity contribution in [1.82, 2.24) is 0 Å². The van der Waals surface area contributed by atoms with Crippen LogP contribution in [-0.4, -0.2) is 6.61 Å². The van der Waals surface area contributed by atoms with Gasteiger partial charge in [0.2, 0.25) is 0 Å². The van der Waals surface area contributed by atoms with Gasteiger partial charge >= 0.3 is 0 Å². The maximum Gasteiger partial charge on any atom is 0.124 e. The van der Waals surface area contributed by atoms with Crippen LogP contribution in [0, 0.1) is 10.5 Å². The lowest BCUT2D eigenvalue weighted by molar-refractivity contribution is 0.314. The van der Waals surface area contributed by atoms with Gasteiger partial charge in [0.25, 0.3) is 0 Å². The summed E-state index contributed by atoms with van der Waals surface area (Å²) in [5, 5.41) is 3.50. The fourth-order valence-electron chi connectivity index (χ4n) is 2.05. The van der Waals surface area contributed by atoms with Gasteiger partial charge < -0.3 is 10.1 Å². The van der Waals surface area contributed by atoms with Crippen molar-refractivity contribution in [2.24, 2.45) is 0 Å². The fraction of sp³-hybridized carbons (Fsp3) is 0.294. The summed E-state index contributed by atoms with van der Waals surface area (Å²) in [6, 6.07) is 12.6. The van der Waals surface area contributed by atoms with Gasteiger partial charge in [0.1, 0.15) is 5.75 Å². The zero-order valence-corrected chi connectivity index (χ0v) is 16.0. The van der Waals surface area contributed by atoms with Crippen molar-refractivity contribution < 1.29 is 4.74 Å². The second-order valence-electron chi connectivity index (χ2n) is 4.91. The van der Waals surface area contributed by atoms with Crippen LogP contribution in [0.5, 0.6) is 5.75 Å². The molecule has 0 radical (unpaired) electrons. The van der Waals surface area contributed by atoms with Crippen molar-refractivity contribution >= 4 is 44.2 Å². The number of hydrogen-bond acceptors (Lipinski definition) is 2. The van der Waals surface area contributed by atoms with Gasteiger partial charge in [-0.15, -0.1) is 0 Å². The molecule has 2 aromatic carbocycles. The van der Waals surface area contributed by atoms with Crippen molar-refractivity contribution in [2.75, 3.05) is 11.9 Å². The Hall–Kier alpha value is -0.750. The summed E-state index contributed by atoms with van der Waals surface area (Å²) in [6.45, 7) is 5.74. The normalized spacial score (nSPS) is 10.5. The van der Waals surface area contributed by atoms with E-state index < -0.39 is 0 Å². The van der Waals surface area contributed by atoms with Crippen LogP contribution in [0.4, 0.5) is 5.69 Å². The van der Waals surface area contributed by atoms with Crippen molar-refractivity contribution in [1.29, 1.82) is 0 Å². The predicted octanol–water partition coefficient (Wildman–Crippen LogP) is 5.76. The molecule has 2 nitrogen and oxygen atoms in total. The molecule has 0 fully saturated rings. The molecule has 0 unspecified atom stereocenters. The molecule has 0 saturated carbocycles. The van der Waals surface area contributed by atoms with Crippen molar-refractivity contribution in [2.45, 2.75) is 26.8 Å². The van der Waals surface area contributed by atoms with E-state index in [-0.39, 0.29) is 0 Å². The molecule has 0 aliphatic rings. The molecule has 2 rings (SSSR count). The first kappa shape index (κ1) is 16.6. The predicted molar refractivity (Wildman–Crippen MR) is 101 cm³/mol. The van der Waals surface area contributed by atoms with Crippen molar-refractivity contribution in [3.8, 4) is 5.75 Å². The van der Waals surface area contributed by atoms with Crippen molar-refractivity contribution in [3.05, 3.63) is 55.6 Å². The molecular formula is C17H19BrINO. The van der Waals surface area contributed by atoms with Gasteiger partial charge in [-0.2, -0.15) is 0 Å². The van der Waals surface area contributed by atoms with Gasteiger partial charge in [0.05, 0.1) is 6.61 Å². The van der Waals surface area contributed by atoms with Crippen LogP contribution in [0.1, 0.15) is 24.5 Å². The molecular weight excluding hydrogens is 441 g/mol. The van der Waals surface area contributed by atoms with Crippen LogP contribution in [0.2, 0.25) is 0 Å². The lowest BCUT2D eigenvalue weighted by atomic mass is 10.1. The molecule has 0 saturated heterocycles. The molecule has 0 spiro atoms. The Labute approximate surface area is 148 Å². The summed E-state index contributed by atoms with van der Waals surface area (Å²) in [6.07, 6.45) is 1.01. The monoisotopic (exact) mass is 459 g/mol. The molecule has 1 N–H and O–H groups in total. The summed E-state index contributed by atoms with van der Waals surface area (Å²) in [7, 11) is 0. The van der Waals surface area contributed by atoms with E-state index in [1.165, 1.54) is 9.13 Å². The molecule has 0 aliphatic heterocycles. The first-order chi connectivity index (χ1) is 10.1. The smallest absolute Gasteiger partial charge is 0.124 e. The number of ether oxygens (including phenoxy) is 1. The average molecular weight is 460 g/mol. The highest BCUT2D eigenvalue weighted by atomic mass is 127. The highest BCUT2D eigenvalue weighted by Gasteiger charge is 2.06. The molecule has 0 atom stereocenters.